The van der Waals surface area contributed by atoms with E-state index in [-0.39, 0.29) is 5.76 Å². The van der Waals surface area contributed by atoms with Crippen LogP contribution in [0.4, 0.5) is 0 Å². The SMILES string of the molecule is CCc1oc(C(=O)O)c2ncncc12. The summed E-state index contributed by atoms with van der Waals surface area (Å²) in [6, 6.07) is 0. The topological polar surface area (TPSA) is 76.2 Å². The van der Waals surface area contributed by atoms with Gasteiger partial charge in [0.25, 0.3) is 0 Å². The lowest BCUT2D eigenvalue weighted by Crippen LogP contribution is -1.94. The Morgan fingerprint density at radius 3 is 3.07 bits per heavy atom. The van der Waals surface area contributed by atoms with Crippen molar-refractivity contribution < 1.29 is 14.3 Å². The number of carbonyl (C=O) groups is 1. The smallest absolute Gasteiger partial charge is 0.374 e. The molecule has 14 heavy (non-hydrogen) atoms. The Morgan fingerprint density at radius 2 is 2.43 bits per heavy atom. The van der Waals surface area contributed by atoms with Gasteiger partial charge in [-0.3, -0.25) is 0 Å². The number of hydrogen-bond donors (Lipinski definition) is 1. The number of carboxylic acid groups (broad SMARTS) is 1. The number of furan rings is 1. The summed E-state index contributed by atoms with van der Waals surface area (Å²) < 4.78 is 5.17. The fraction of sp³-hybridized carbons (Fsp3) is 0.222. The molecule has 0 aliphatic heterocycles. The van der Waals surface area contributed by atoms with Gasteiger partial charge in [-0.2, -0.15) is 0 Å². The molecular formula is C9H8N2O3. The number of aryl methyl sites for hydroxylation is 1. The normalized spacial score (nSPS) is 10.6. The van der Waals surface area contributed by atoms with E-state index in [4.69, 9.17) is 9.52 Å². The van der Waals surface area contributed by atoms with E-state index >= 15 is 0 Å². The molecule has 72 valence electrons. The van der Waals surface area contributed by atoms with Crippen LogP contribution in [0.25, 0.3) is 10.9 Å². The lowest BCUT2D eigenvalue weighted by Gasteiger charge is -1.87. The van der Waals surface area contributed by atoms with Gasteiger partial charge < -0.3 is 9.52 Å². The average molecular weight is 192 g/mol. The molecule has 0 atom stereocenters. The Bertz CT molecular complexity index is 490. The number of aromatic carboxylic acids is 1. The largest absolute Gasteiger partial charge is 0.475 e. The van der Waals surface area contributed by atoms with Crippen LogP contribution in [0.15, 0.2) is 16.9 Å². The molecule has 0 unspecified atom stereocenters. The van der Waals surface area contributed by atoms with Crippen LogP contribution in [0.5, 0.6) is 0 Å². The maximum atomic E-state index is 10.8. The van der Waals surface area contributed by atoms with Crippen LogP contribution in [0.3, 0.4) is 0 Å². The van der Waals surface area contributed by atoms with Crippen LogP contribution in [0, 0.1) is 0 Å². The predicted molar refractivity (Wildman–Crippen MR) is 48.1 cm³/mol. The van der Waals surface area contributed by atoms with E-state index in [0.717, 1.165) is 0 Å². The predicted octanol–water partition coefficient (Wildman–Crippen LogP) is 1.48. The monoisotopic (exact) mass is 192 g/mol. The minimum Gasteiger partial charge on any atom is -0.475 e. The maximum absolute atomic E-state index is 10.8. The van der Waals surface area contributed by atoms with Crippen LogP contribution in [-0.2, 0) is 6.42 Å². The fourth-order valence-electron chi connectivity index (χ4n) is 1.35. The number of carboxylic acids is 1. The number of aromatic nitrogens is 2. The van der Waals surface area contributed by atoms with Crippen LogP contribution < -0.4 is 0 Å². The molecule has 2 heterocycles. The van der Waals surface area contributed by atoms with Crippen LogP contribution in [0.1, 0.15) is 23.2 Å². The molecule has 5 heteroatoms. The maximum Gasteiger partial charge on any atom is 0.374 e. The zero-order valence-electron chi connectivity index (χ0n) is 7.52. The molecule has 0 aliphatic carbocycles. The Kier molecular flexibility index (Phi) is 1.92. The summed E-state index contributed by atoms with van der Waals surface area (Å²) in [5.74, 6) is -0.606. The highest BCUT2D eigenvalue weighted by molar-refractivity contribution is 5.99. The second kappa shape index (κ2) is 3.10. The van der Waals surface area contributed by atoms with Crippen LogP contribution in [-0.4, -0.2) is 21.0 Å². The van der Waals surface area contributed by atoms with Gasteiger partial charge in [0.2, 0.25) is 5.76 Å². The van der Waals surface area contributed by atoms with Gasteiger partial charge in [0.15, 0.2) is 0 Å². The minimum absolute atomic E-state index is 0.112. The van der Waals surface area contributed by atoms with Crippen molar-refractivity contribution in [3.63, 3.8) is 0 Å². The zero-order chi connectivity index (χ0) is 10.1. The van der Waals surface area contributed by atoms with Gasteiger partial charge in [-0.15, -0.1) is 0 Å². The van der Waals surface area contributed by atoms with Crippen LogP contribution in [0.2, 0.25) is 0 Å². The second-order valence-corrected chi connectivity index (χ2v) is 2.80. The van der Waals surface area contributed by atoms with E-state index in [1.54, 1.807) is 6.20 Å². The lowest BCUT2D eigenvalue weighted by molar-refractivity contribution is 0.0663. The van der Waals surface area contributed by atoms with E-state index in [2.05, 4.69) is 9.97 Å². The molecule has 0 spiro atoms. The summed E-state index contributed by atoms with van der Waals surface area (Å²) in [6.07, 6.45) is 3.50. The van der Waals surface area contributed by atoms with Crippen molar-refractivity contribution in [1.29, 1.82) is 0 Å². The lowest BCUT2D eigenvalue weighted by atomic mass is 10.2. The van der Waals surface area contributed by atoms with Crippen molar-refractivity contribution >= 4 is 16.9 Å². The van der Waals surface area contributed by atoms with Gasteiger partial charge >= 0.3 is 5.97 Å². The third-order valence-corrected chi connectivity index (χ3v) is 1.97. The number of fused-ring (bicyclic) bond motifs is 1. The standard InChI is InChI=1S/C9H8N2O3/c1-2-6-5-3-10-4-11-7(5)8(14-6)9(12)13/h3-4H,2H2,1H3,(H,12,13). The number of rotatable bonds is 2. The molecule has 0 amide bonds. The molecule has 5 nitrogen and oxygen atoms in total. The molecule has 0 saturated heterocycles. The fourth-order valence-corrected chi connectivity index (χ4v) is 1.35. The first-order chi connectivity index (χ1) is 6.74. The first kappa shape index (κ1) is 8.68. The molecule has 2 aromatic rings. The summed E-state index contributed by atoms with van der Waals surface area (Å²) in [6.45, 7) is 1.89. The van der Waals surface area contributed by atoms with Gasteiger partial charge in [0.05, 0.1) is 5.39 Å². The first-order valence-electron chi connectivity index (χ1n) is 4.18. The zero-order valence-corrected chi connectivity index (χ0v) is 7.52. The number of hydrogen-bond acceptors (Lipinski definition) is 4. The van der Waals surface area contributed by atoms with Crippen molar-refractivity contribution in [2.75, 3.05) is 0 Å². The second-order valence-electron chi connectivity index (χ2n) is 2.80. The van der Waals surface area contributed by atoms with Gasteiger partial charge in [-0.1, -0.05) is 6.92 Å². The van der Waals surface area contributed by atoms with Gasteiger partial charge in [-0.25, -0.2) is 14.8 Å². The highest BCUT2D eigenvalue weighted by atomic mass is 16.4. The molecule has 0 fully saturated rings. The van der Waals surface area contributed by atoms with Crippen molar-refractivity contribution in [3.8, 4) is 0 Å². The molecule has 0 bridgehead atoms. The highest BCUT2D eigenvalue weighted by Gasteiger charge is 2.18. The third-order valence-electron chi connectivity index (χ3n) is 1.97. The van der Waals surface area contributed by atoms with Crippen molar-refractivity contribution in [2.24, 2.45) is 0 Å². The quantitative estimate of drug-likeness (QED) is 0.779. The third kappa shape index (κ3) is 1.14. The molecule has 2 rings (SSSR count). The Hall–Kier alpha value is -1.91. The van der Waals surface area contributed by atoms with Crippen molar-refractivity contribution in [3.05, 3.63) is 24.0 Å². The van der Waals surface area contributed by atoms with E-state index in [1.807, 2.05) is 6.92 Å². The summed E-state index contributed by atoms with van der Waals surface area (Å²) >= 11 is 0. The molecular weight excluding hydrogens is 184 g/mol. The van der Waals surface area contributed by atoms with Gasteiger partial charge in [-0.05, 0) is 0 Å². The molecule has 0 aliphatic rings. The molecule has 1 N–H and O–H groups in total. The molecule has 0 saturated carbocycles. The van der Waals surface area contributed by atoms with E-state index in [1.165, 1.54) is 6.33 Å². The Labute approximate surface area is 79.4 Å². The van der Waals surface area contributed by atoms with Crippen LogP contribution >= 0.6 is 0 Å². The number of nitrogens with zero attached hydrogens (tertiary/aromatic N) is 2. The molecule has 2 aromatic heterocycles. The summed E-state index contributed by atoms with van der Waals surface area (Å²) in [7, 11) is 0. The van der Waals surface area contributed by atoms with E-state index in [0.29, 0.717) is 23.1 Å². The minimum atomic E-state index is -1.10. The Balaban J connectivity index is 2.80. The molecule has 0 radical (unpaired) electrons. The van der Waals surface area contributed by atoms with Crippen molar-refractivity contribution in [1.82, 2.24) is 9.97 Å². The first-order valence-corrected chi connectivity index (χ1v) is 4.18. The average Bonchev–Trinajstić information content (AvgIpc) is 2.56. The summed E-state index contributed by atoms with van der Waals surface area (Å²) in [5, 5.41) is 9.51. The summed E-state index contributed by atoms with van der Waals surface area (Å²) in [5.41, 5.74) is 0.365. The van der Waals surface area contributed by atoms with E-state index in [9.17, 15) is 4.79 Å². The van der Waals surface area contributed by atoms with E-state index < -0.39 is 5.97 Å². The van der Waals surface area contributed by atoms with Gasteiger partial charge in [0.1, 0.15) is 17.6 Å². The molecule has 0 aromatic carbocycles. The summed E-state index contributed by atoms with van der Waals surface area (Å²) in [4.78, 5) is 18.5. The van der Waals surface area contributed by atoms with Gasteiger partial charge in [0, 0.05) is 12.6 Å². The Morgan fingerprint density at radius 1 is 1.64 bits per heavy atom. The highest BCUT2D eigenvalue weighted by Crippen LogP contribution is 2.23. The van der Waals surface area contributed by atoms with Crippen molar-refractivity contribution in [2.45, 2.75) is 13.3 Å².